The molecule has 1 aliphatic rings. The first-order chi connectivity index (χ1) is 17.0. The average molecular weight is 489 g/mol. The summed E-state index contributed by atoms with van der Waals surface area (Å²) in [6, 6.07) is 12.4. The number of anilines is 1. The van der Waals surface area contributed by atoms with E-state index in [1.165, 1.54) is 28.3 Å². The number of aryl methyl sites for hydroxylation is 2. The predicted octanol–water partition coefficient (Wildman–Crippen LogP) is 4.26. The Balaban J connectivity index is 1.43. The molecule has 3 aromatic heterocycles. The van der Waals surface area contributed by atoms with Gasteiger partial charge in [0.15, 0.2) is 5.69 Å². The highest BCUT2D eigenvalue weighted by atomic mass is 32.1. The van der Waals surface area contributed by atoms with Crippen LogP contribution in [0.25, 0.3) is 5.69 Å². The van der Waals surface area contributed by atoms with Crippen molar-refractivity contribution in [1.29, 1.82) is 0 Å². The van der Waals surface area contributed by atoms with E-state index in [0.717, 1.165) is 47.4 Å². The van der Waals surface area contributed by atoms with Crippen molar-refractivity contribution < 1.29 is 14.0 Å². The lowest BCUT2D eigenvalue weighted by Gasteiger charge is -2.13. The van der Waals surface area contributed by atoms with Crippen LogP contribution >= 0.6 is 11.3 Å². The molecule has 178 valence electrons. The minimum absolute atomic E-state index is 0.235. The van der Waals surface area contributed by atoms with Crippen molar-refractivity contribution in [2.45, 2.75) is 39.2 Å². The van der Waals surface area contributed by atoms with Gasteiger partial charge in [0.25, 0.3) is 11.8 Å². The normalized spacial score (nSPS) is 12.7. The van der Waals surface area contributed by atoms with E-state index in [4.69, 9.17) is 4.42 Å². The van der Waals surface area contributed by atoms with E-state index in [1.54, 1.807) is 18.4 Å². The summed E-state index contributed by atoms with van der Waals surface area (Å²) in [6.45, 7) is 2.22. The van der Waals surface area contributed by atoms with Gasteiger partial charge in [-0.2, -0.15) is 5.10 Å². The van der Waals surface area contributed by atoms with Crippen molar-refractivity contribution in [3.8, 4) is 5.69 Å². The average Bonchev–Trinajstić information content (AvgIpc) is 3.51. The lowest BCUT2D eigenvalue weighted by molar-refractivity contribution is 0.0948. The fourth-order valence-electron chi connectivity index (χ4n) is 4.13. The second-order valence-corrected chi connectivity index (χ2v) is 9.55. The van der Waals surface area contributed by atoms with E-state index in [-0.39, 0.29) is 18.1 Å². The fourth-order valence-corrected chi connectivity index (χ4v) is 5.41. The molecule has 35 heavy (non-hydrogen) atoms. The van der Waals surface area contributed by atoms with Gasteiger partial charge in [0.1, 0.15) is 10.8 Å². The molecule has 5 rings (SSSR count). The summed E-state index contributed by atoms with van der Waals surface area (Å²) in [5, 5.41) is 10.4. The lowest BCUT2D eigenvalue weighted by atomic mass is 9.95. The summed E-state index contributed by atoms with van der Waals surface area (Å²) < 4.78 is 6.80. The molecule has 0 saturated carbocycles. The standard InChI is InChI=1S/C26H24N4O4S/c1-16-8-10-17(11-9-16)30-13-12-20(31)23(29-30)25(33)28-26-22(19-6-2-3-7-21(19)35-26)24(32)27-15-18-5-4-14-34-18/h4-5,8-14H,2-3,6-7,15H2,1H3,(H,27,32)(H,28,33). The highest BCUT2D eigenvalue weighted by molar-refractivity contribution is 7.17. The van der Waals surface area contributed by atoms with Gasteiger partial charge in [0.05, 0.1) is 24.1 Å². The van der Waals surface area contributed by atoms with Crippen molar-refractivity contribution >= 4 is 28.2 Å². The zero-order valence-corrected chi connectivity index (χ0v) is 20.0. The molecular weight excluding hydrogens is 464 g/mol. The number of thiophene rings is 1. The molecule has 0 fully saturated rings. The number of fused-ring (bicyclic) bond motifs is 1. The fraction of sp³-hybridized carbons (Fsp3) is 0.231. The predicted molar refractivity (Wildman–Crippen MR) is 133 cm³/mol. The minimum Gasteiger partial charge on any atom is -0.467 e. The topological polar surface area (TPSA) is 106 Å². The number of nitrogens with one attached hydrogen (secondary N) is 2. The molecule has 0 saturated heterocycles. The van der Waals surface area contributed by atoms with Crippen LogP contribution in [-0.2, 0) is 19.4 Å². The first-order valence-electron chi connectivity index (χ1n) is 11.4. The van der Waals surface area contributed by atoms with Crippen LogP contribution in [0.3, 0.4) is 0 Å². The van der Waals surface area contributed by atoms with Crippen LogP contribution in [-0.4, -0.2) is 21.6 Å². The van der Waals surface area contributed by atoms with Crippen molar-refractivity contribution in [3.63, 3.8) is 0 Å². The molecule has 0 spiro atoms. The Hall–Kier alpha value is -3.98. The molecule has 4 aromatic rings. The summed E-state index contributed by atoms with van der Waals surface area (Å²) in [5.41, 5.74) is 2.52. The number of rotatable bonds is 6. The van der Waals surface area contributed by atoms with Crippen LogP contribution in [0.15, 0.2) is 64.1 Å². The molecule has 9 heteroatoms. The van der Waals surface area contributed by atoms with Crippen molar-refractivity contribution in [2.24, 2.45) is 0 Å². The molecule has 0 unspecified atom stereocenters. The molecule has 0 radical (unpaired) electrons. The third-order valence-electron chi connectivity index (χ3n) is 5.95. The number of nitrogens with zero attached hydrogens (tertiary/aromatic N) is 2. The van der Waals surface area contributed by atoms with Gasteiger partial charge in [-0.25, -0.2) is 4.68 Å². The van der Waals surface area contributed by atoms with Gasteiger partial charge in [0, 0.05) is 17.1 Å². The van der Waals surface area contributed by atoms with E-state index in [2.05, 4.69) is 15.7 Å². The Morgan fingerprint density at radius 1 is 1.09 bits per heavy atom. The maximum absolute atomic E-state index is 13.2. The van der Waals surface area contributed by atoms with Gasteiger partial charge in [-0.3, -0.25) is 14.4 Å². The molecule has 0 aliphatic heterocycles. The number of aromatic nitrogens is 2. The number of hydrogen-bond acceptors (Lipinski definition) is 6. The molecule has 1 aliphatic carbocycles. The molecule has 0 atom stereocenters. The van der Waals surface area contributed by atoms with Gasteiger partial charge in [-0.1, -0.05) is 17.7 Å². The maximum atomic E-state index is 13.2. The van der Waals surface area contributed by atoms with Crippen LogP contribution in [0.1, 0.15) is 55.5 Å². The zero-order chi connectivity index (χ0) is 24.4. The Labute approximate surface area is 205 Å². The Morgan fingerprint density at radius 3 is 2.66 bits per heavy atom. The monoisotopic (exact) mass is 488 g/mol. The van der Waals surface area contributed by atoms with E-state index in [0.29, 0.717) is 16.3 Å². The summed E-state index contributed by atoms with van der Waals surface area (Å²) in [6.07, 6.45) is 6.73. The molecule has 8 nitrogen and oxygen atoms in total. The van der Waals surface area contributed by atoms with Gasteiger partial charge in [-0.05, 0) is 62.4 Å². The van der Waals surface area contributed by atoms with Gasteiger partial charge in [0.2, 0.25) is 5.43 Å². The second kappa shape index (κ2) is 9.71. The van der Waals surface area contributed by atoms with E-state index >= 15 is 0 Å². The van der Waals surface area contributed by atoms with Crippen LogP contribution < -0.4 is 16.1 Å². The van der Waals surface area contributed by atoms with Gasteiger partial charge < -0.3 is 15.1 Å². The smallest absolute Gasteiger partial charge is 0.280 e. The highest BCUT2D eigenvalue weighted by Gasteiger charge is 2.27. The number of hydrogen-bond donors (Lipinski definition) is 2. The highest BCUT2D eigenvalue weighted by Crippen LogP contribution is 2.38. The maximum Gasteiger partial charge on any atom is 0.280 e. The number of carbonyl (C=O) groups is 2. The molecule has 1 aromatic carbocycles. The first-order valence-corrected chi connectivity index (χ1v) is 12.2. The van der Waals surface area contributed by atoms with E-state index in [9.17, 15) is 14.4 Å². The van der Waals surface area contributed by atoms with Gasteiger partial charge >= 0.3 is 0 Å². The van der Waals surface area contributed by atoms with E-state index in [1.807, 2.05) is 31.2 Å². The summed E-state index contributed by atoms with van der Waals surface area (Å²) in [4.78, 5) is 39.9. The van der Waals surface area contributed by atoms with Gasteiger partial charge in [-0.15, -0.1) is 11.3 Å². The number of carbonyl (C=O) groups excluding carboxylic acids is 2. The molecule has 3 heterocycles. The Morgan fingerprint density at radius 2 is 1.89 bits per heavy atom. The molecule has 2 amide bonds. The Kier molecular flexibility index (Phi) is 6.33. The number of benzene rings is 1. The van der Waals surface area contributed by atoms with Crippen molar-refractivity contribution in [2.75, 3.05) is 5.32 Å². The summed E-state index contributed by atoms with van der Waals surface area (Å²) >= 11 is 1.39. The molecular formula is C26H24N4O4S. The quantitative estimate of drug-likeness (QED) is 0.422. The largest absolute Gasteiger partial charge is 0.467 e. The van der Waals surface area contributed by atoms with Crippen LogP contribution in [0.5, 0.6) is 0 Å². The zero-order valence-electron chi connectivity index (χ0n) is 19.2. The van der Waals surface area contributed by atoms with Crippen molar-refractivity contribution in [1.82, 2.24) is 15.1 Å². The van der Waals surface area contributed by atoms with Crippen LogP contribution in [0.4, 0.5) is 5.00 Å². The van der Waals surface area contributed by atoms with Crippen LogP contribution in [0, 0.1) is 6.92 Å². The molecule has 2 N–H and O–H groups in total. The van der Waals surface area contributed by atoms with E-state index < -0.39 is 11.3 Å². The lowest BCUT2D eigenvalue weighted by Crippen LogP contribution is -2.28. The second-order valence-electron chi connectivity index (χ2n) is 8.44. The SMILES string of the molecule is Cc1ccc(-n2ccc(=O)c(C(=O)Nc3sc4c(c3C(=O)NCc3ccco3)CCCC4)n2)cc1. The minimum atomic E-state index is -0.643. The number of furan rings is 1. The van der Waals surface area contributed by atoms with Crippen LogP contribution in [0.2, 0.25) is 0 Å². The third-order valence-corrected chi connectivity index (χ3v) is 7.16. The van der Waals surface area contributed by atoms with Crippen molar-refractivity contribution in [3.05, 3.63) is 98.2 Å². The first kappa shape index (κ1) is 22.8. The summed E-state index contributed by atoms with van der Waals surface area (Å²) in [5.74, 6) is -0.289. The Bertz CT molecular complexity index is 1440. The summed E-state index contributed by atoms with van der Waals surface area (Å²) in [7, 11) is 0. The molecule has 0 bridgehead atoms. The number of amides is 2. The third kappa shape index (κ3) is 4.81.